The normalized spacial score (nSPS) is 11.1. The number of nitrogens with two attached hydrogens (primary N) is 1. The van der Waals surface area contributed by atoms with Gasteiger partial charge in [-0.3, -0.25) is 4.57 Å². The second-order valence-electron chi connectivity index (χ2n) is 5.25. The van der Waals surface area contributed by atoms with Gasteiger partial charge in [-0.25, -0.2) is 14.2 Å². The molecule has 0 fully saturated rings. The number of imidazole rings is 1. The van der Waals surface area contributed by atoms with Crippen molar-refractivity contribution in [1.29, 1.82) is 0 Å². The first-order valence-corrected chi connectivity index (χ1v) is 7.79. The van der Waals surface area contributed by atoms with Crippen LogP contribution < -0.4 is 16.7 Å². The molecule has 0 aliphatic carbocycles. The van der Waals surface area contributed by atoms with Crippen LogP contribution >= 0.6 is 11.6 Å². The molecule has 0 saturated carbocycles. The molecule has 3 rings (SSSR count). The summed E-state index contributed by atoms with van der Waals surface area (Å²) in [5.41, 5.74) is 6.50. The molecule has 0 unspecified atom stereocenters. The van der Waals surface area contributed by atoms with Gasteiger partial charge < -0.3 is 16.0 Å². The number of fused-ring (bicyclic) bond motifs is 1. The van der Waals surface area contributed by atoms with Crippen molar-refractivity contribution in [3.8, 4) is 0 Å². The molecule has 0 radical (unpaired) electrons. The van der Waals surface area contributed by atoms with Crippen molar-refractivity contribution in [3.05, 3.63) is 51.3 Å². The molecule has 0 saturated heterocycles. The number of hydrogen-bond acceptors (Lipinski definition) is 5. The zero-order valence-corrected chi connectivity index (χ0v) is 13.5. The zero-order valence-electron chi connectivity index (χ0n) is 12.7. The minimum atomic E-state index is -0.416. The lowest BCUT2D eigenvalue weighted by Crippen LogP contribution is -2.18. The number of aromatic nitrogens is 4. The lowest BCUT2D eigenvalue weighted by Gasteiger charge is -2.07. The van der Waals surface area contributed by atoms with Gasteiger partial charge in [-0.15, -0.1) is 0 Å². The van der Waals surface area contributed by atoms with E-state index in [1.165, 1.54) is 29.0 Å². The molecule has 0 amide bonds. The van der Waals surface area contributed by atoms with Gasteiger partial charge in [0, 0.05) is 11.6 Å². The Kier molecular flexibility index (Phi) is 4.77. The van der Waals surface area contributed by atoms with Crippen LogP contribution in [0.5, 0.6) is 0 Å². The molecular formula is C15H16ClFN6O. The highest BCUT2D eigenvalue weighted by Crippen LogP contribution is 2.19. The van der Waals surface area contributed by atoms with Crippen molar-refractivity contribution < 1.29 is 4.39 Å². The Morgan fingerprint density at radius 2 is 2.25 bits per heavy atom. The molecule has 24 heavy (non-hydrogen) atoms. The van der Waals surface area contributed by atoms with Crippen molar-refractivity contribution in [1.82, 2.24) is 19.5 Å². The third-order valence-electron chi connectivity index (χ3n) is 3.51. The Labute approximate surface area is 141 Å². The average molecular weight is 351 g/mol. The van der Waals surface area contributed by atoms with Gasteiger partial charge in [0.15, 0.2) is 5.65 Å². The van der Waals surface area contributed by atoms with Crippen molar-refractivity contribution in [2.24, 2.45) is 5.73 Å². The third kappa shape index (κ3) is 3.39. The molecule has 126 valence electrons. The lowest BCUT2D eigenvalue weighted by atomic mass is 10.2. The molecule has 0 aliphatic heterocycles. The molecule has 2 aromatic heterocycles. The molecule has 7 nitrogen and oxygen atoms in total. The summed E-state index contributed by atoms with van der Waals surface area (Å²) in [6.07, 6.45) is 2.30. The summed E-state index contributed by atoms with van der Waals surface area (Å²) in [6, 6.07) is 4.03. The predicted octanol–water partition coefficient (Wildman–Crippen LogP) is 1.72. The van der Waals surface area contributed by atoms with E-state index >= 15 is 0 Å². The number of halogens is 2. The maximum Gasteiger partial charge on any atom is 0.328 e. The summed E-state index contributed by atoms with van der Waals surface area (Å²) < 4.78 is 14.8. The molecule has 1 aromatic carbocycles. The second kappa shape index (κ2) is 6.98. The van der Waals surface area contributed by atoms with Gasteiger partial charge in [0.2, 0.25) is 5.95 Å². The van der Waals surface area contributed by atoms with Gasteiger partial charge in [0.1, 0.15) is 11.3 Å². The molecule has 9 heteroatoms. The molecule has 0 atom stereocenters. The summed E-state index contributed by atoms with van der Waals surface area (Å²) in [7, 11) is 0. The predicted molar refractivity (Wildman–Crippen MR) is 90.8 cm³/mol. The minimum Gasteiger partial charge on any atom is -0.354 e. The molecule has 3 aromatic rings. The number of hydrogen-bond donors (Lipinski definition) is 3. The highest BCUT2D eigenvalue weighted by molar-refractivity contribution is 6.31. The van der Waals surface area contributed by atoms with Crippen LogP contribution in [0.2, 0.25) is 5.02 Å². The highest BCUT2D eigenvalue weighted by atomic mass is 35.5. The van der Waals surface area contributed by atoms with Gasteiger partial charge in [0.05, 0.1) is 12.7 Å². The monoisotopic (exact) mass is 350 g/mol. The van der Waals surface area contributed by atoms with E-state index < -0.39 is 5.82 Å². The Morgan fingerprint density at radius 1 is 1.42 bits per heavy atom. The minimum absolute atomic E-state index is 0.106. The SMILES string of the molecule is NCCCNc1ncc2[nH]c(=O)n(Cc3cc(F)ccc3Cl)c2n1. The summed E-state index contributed by atoms with van der Waals surface area (Å²) in [4.78, 5) is 23.3. The fourth-order valence-corrected chi connectivity index (χ4v) is 2.49. The van der Waals surface area contributed by atoms with Crippen LogP contribution in [0, 0.1) is 5.82 Å². The fourth-order valence-electron chi connectivity index (χ4n) is 2.31. The summed E-state index contributed by atoms with van der Waals surface area (Å²) in [5.74, 6) is -0.0184. The lowest BCUT2D eigenvalue weighted by molar-refractivity contribution is 0.623. The molecule has 2 heterocycles. The van der Waals surface area contributed by atoms with Gasteiger partial charge in [-0.05, 0) is 36.7 Å². The Morgan fingerprint density at radius 3 is 3.04 bits per heavy atom. The summed E-state index contributed by atoms with van der Waals surface area (Å²) in [6.45, 7) is 1.29. The first kappa shape index (κ1) is 16.4. The van der Waals surface area contributed by atoms with Gasteiger partial charge >= 0.3 is 5.69 Å². The van der Waals surface area contributed by atoms with E-state index in [1.807, 2.05) is 0 Å². The summed E-state index contributed by atoms with van der Waals surface area (Å²) in [5, 5.41) is 3.42. The second-order valence-corrected chi connectivity index (χ2v) is 5.66. The Hall–Kier alpha value is -2.45. The number of H-pyrrole nitrogens is 1. The maximum atomic E-state index is 13.4. The first-order chi connectivity index (χ1) is 11.6. The average Bonchev–Trinajstić information content (AvgIpc) is 2.87. The number of aromatic amines is 1. The van der Waals surface area contributed by atoms with Crippen LogP contribution in [-0.2, 0) is 6.54 Å². The van der Waals surface area contributed by atoms with Crippen LogP contribution in [0.25, 0.3) is 11.2 Å². The molecule has 4 N–H and O–H groups in total. The fraction of sp³-hybridized carbons (Fsp3) is 0.267. The molecule has 0 spiro atoms. The van der Waals surface area contributed by atoms with Gasteiger partial charge in [-0.2, -0.15) is 4.98 Å². The van der Waals surface area contributed by atoms with Crippen LogP contribution in [0.15, 0.2) is 29.2 Å². The highest BCUT2D eigenvalue weighted by Gasteiger charge is 2.12. The standard InChI is InChI=1S/C15H16ClFN6O/c16-11-3-2-10(17)6-9(11)8-23-13-12(21-15(23)24)7-20-14(22-13)19-5-1-4-18/h2-3,6-7H,1,4-5,8,18H2,(H,21,24)(H,19,20,22). The third-order valence-corrected chi connectivity index (χ3v) is 3.88. The van der Waals surface area contributed by atoms with E-state index in [2.05, 4.69) is 20.3 Å². The van der Waals surface area contributed by atoms with E-state index in [9.17, 15) is 9.18 Å². The van der Waals surface area contributed by atoms with Gasteiger partial charge in [-0.1, -0.05) is 11.6 Å². The molecular weight excluding hydrogens is 335 g/mol. The van der Waals surface area contributed by atoms with Crippen LogP contribution in [-0.4, -0.2) is 32.6 Å². The molecule has 0 aliphatic rings. The smallest absolute Gasteiger partial charge is 0.328 e. The number of rotatable bonds is 6. The van der Waals surface area contributed by atoms with Crippen molar-refractivity contribution in [2.75, 3.05) is 18.4 Å². The first-order valence-electron chi connectivity index (χ1n) is 7.42. The Balaban J connectivity index is 1.97. The van der Waals surface area contributed by atoms with Crippen LogP contribution in [0.3, 0.4) is 0 Å². The van der Waals surface area contributed by atoms with E-state index in [0.717, 1.165) is 6.42 Å². The molecule has 0 bridgehead atoms. The van der Waals surface area contributed by atoms with Crippen molar-refractivity contribution >= 4 is 28.7 Å². The van der Waals surface area contributed by atoms with Crippen LogP contribution in [0.4, 0.5) is 10.3 Å². The Bertz CT molecular complexity index is 922. The summed E-state index contributed by atoms with van der Waals surface area (Å²) >= 11 is 6.08. The van der Waals surface area contributed by atoms with E-state index in [-0.39, 0.29) is 12.2 Å². The van der Waals surface area contributed by atoms with Crippen LogP contribution in [0.1, 0.15) is 12.0 Å². The number of nitrogens with zero attached hydrogens (tertiary/aromatic N) is 3. The van der Waals surface area contributed by atoms with E-state index in [4.69, 9.17) is 17.3 Å². The number of anilines is 1. The van der Waals surface area contributed by atoms with E-state index in [1.54, 1.807) is 0 Å². The van der Waals surface area contributed by atoms with Gasteiger partial charge in [0.25, 0.3) is 0 Å². The number of nitrogens with one attached hydrogen (secondary N) is 2. The van der Waals surface area contributed by atoms with E-state index in [0.29, 0.717) is 40.8 Å². The quantitative estimate of drug-likeness (QED) is 0.587. The zero-order chi connectivity index (χ0) is 17.1. The number of benzene rings is 1. The topological polar surface area (TPSA) is 102 Å². The largest absolute Gasteiger partial charge is 0.354 e. The maximum absolute atomic E-state index is 13.4. The van der Waals surface area contributed by atoms with Crippen molar-refractivity contribution in [3.63, 3.8) is 0 Å². The van der Waals surface area contributed by atoms with Crippen molar-refractivity contribution in [2.45, 2.75) is 13.0 Å².